The molecule has 5 heteroatoms. The molecule has 2 aromatic carbocycles. The van der Waals surface area contributed by atoms with Crippen molar-refractivity contribution >= 4 is 5.97 Å². The molecule has 26 heavy (non-hydrogen) atoms. The Morgan fingerprint density at radius 2 is 1.65 bits per heavy atom. The van der Waals surface area contributed by atoms with Crippen molar-refractivity contribution in [2.24, 2.45) is 0 Å². The molecular formula is C21H22N2O3. The second-order valence-electron chi connectivity index (χ2n) is 6.46. The number of carbonyl (C=O) groups is 1. The Labute approximate surface area is 152 Å². The first-order valence-electron chi connectivity index (χ1n) is 8.59. The van der Waals surface area contributed by atoms with Crippen molar-refractivity contribution in [2.45, 2.75) is 32.7 Å². The average molecular weight is 350 g/mol. The number of aliphatic carboxylic acids is 1. The Kier molecular flexibility index (Phi) is 5.07. The third-order valence-corrected chi connectivity index (χ3v) is 4.79. The predicted octanol–water partition coefficient (Wildman–Crippen LogP) is 3.39. The highest BCUT2D eigenvalue weighted by molar-refractivity contribution is 5.68. The van der Waals surface area contributed by atoms with Gasteiger partial charge in [0.25, 0.3) is 5.82 Å². The fourth-order valence-corrected chi connectivity index (χ4v) is 3.31. The SMILES string of the molecule is Cc1c(C)[n+]([O-])c(C(CC(=O)O)c2ccccc2)n1Cc1ccccc1. The van der Waals surface area contributed by atoms with E-state index in [2.05, 4.69) is 0 Å². The maximum atomic E-state index is 12.9. The van der Waals surface area contributed by atoms with Crippen molar-refractivity contribution in [2.75, 3.05) is 0 Å². The number of nitrogens with zero attached hydrogens (tertiary/aromatic N) is 2. The Hall–Kier alpha value is -3.08. The third kappa shape index (κ3) is 3.47. The van der Waals surface area contributed by atoms with E-state index in [-0.39, 0.29) is 6.42 Å². The molecule has 5 nitrogen and oxygen atoms in total. The third-order valence-electron chi connectivity index (χ3n) is 4.79. The highest BCUT2D eigenvalue weighted by Gasteiger charge is 2.32. The van der Waals surface area contributed by atoms with Gasteiger partial charge in [-0.05, 0) is 11.1 Å². The van der Waals surface area contributed by atoms with E-state index in [9.17, 15) is 15.1 Å². The van der Waals surface area contributed by atoms with Crippen molar-refractivity contribution < 1.29 is 14.6 Å². The van der Waals surface area contributed by atoms with Crippen molar-refractivity contribution in [1.29, 1.82) is 0 Å². The molecule has 0 aliphatic carbocycles. The highest BCUT2D eigenvalue weighted by Crippen LogP contribution is 2.28. The zero-order valence-electron chi connectivity index (χ0n) is 14.9. The Bertz CT molecular complexity index is 902. The molecule has 1 aromatic heterocycles. The van der Waals surface area contributed by atoms with Gasteiger partial charge in [-0.2, -0.15) is 0 Å². The molecule has 1 heterocycles. The van der Waals surface area contributed by atoms with Crippen LogP contribution in [0.4, 0.5) is 0 Å². The lowest BCUT2D eigenvalue weighted by Crippen LogP contribution is -2.36. The van der Waals surface area contributed by atoms with E-state index in [1.807, 2.05) is 72.2 Å². The number of hydrogen-bond donors (Lipinski definition) is 1. The zero-order chi connectivity index (χ0) is 18.7. The molecule has 1 atom stereocenters. The Morgan fingerprint density at radius 1 is 1.08 bits per heavy atom. The van der Waals surface area contributed by atoms with Gasteiger partial charge in [0, 0.05) is 13.8 Å². The summed E-state index contributed by atoms with van der Waals surface area (Å²) in [5, 5.41) is 22.3. The average Bonchev–Trinajstić information content (AvgIpc) is 2.85. The summed E-state index contributed by atoms with van der Waals surface area (Å²) in [6.45, 7) is 4.20. The van der Waals surface area contributed by atoms with Crippen LogP contribution < -0.4 is 4.73 Å². The van der Waals surface area contributed by atoms with Crippen LogP contribution in [0.3, 0.4) is 0 Å². The van der Waals surface area contributed by atoms with E-state index in [0.29, 0.717) is 18.1 Å². The second-order valence-corrected chi connectivity index (χ2v) is 6.46. The lowest BCUT2D eigenvalue weighted by atomic mass is 9.94. The molecule has 3 rings (SSSR count). The topological polar surface area (TPSA) is 69.2 Å². The summed E-state index contributed by atoms with van der Waals surface area (Å²) in [6.07, 6.45) is -0.135. The van der Waals surface area contributed by atoms with Gasteiger partial charge in [0.1, 0.15) is 17.9 Å². The monoisotopic (exact) mass is 350 g/mol. The molecule has 0 bridgehead atoms. The van der Waals surface area contributed by atoms with Gasteiger partial charge in [0.05, 0.1) is 12.3 Å². The summed E-state index contributed by atoms with van der Waals surface area (Å²) in [6, 6.07) is 19.2. The van der Waals surface area contributed by atoms with E-state index in [1.54, 1.807) is 6.92 Å². The van der Waals surface area contributed by atoms with E-state index >= 15 is 0 Å². The smallest absolute Gasteiger partial charge is 0.304 e. The minimum atomic E-state index is -0.929. The molecule has 0 saturated heterocycles. The molecule has 0 aliphatic rings. The second kappa shape index (κ2) is 7.44. The molecule has 0 radical (unpaired) electrons. The first-order valence-corrected chi connectivity index (χ1v) is 8.59. The highest BCUT2D eigenvalue weighted by atomic mass is 16.5. The lowest BCUT2D eigenvalue weighted by Gasteiger charge is -2.17. The molecule has 0 aliphatic heterocycles. The quantitative estimate of drug-likeness (QED) is 0.547. The van der Waals surface area contributed by atoms with Crippen LogP contribution in [0.2, 0.25) is 0 Å². The van der Waals surface area contributed by atoms with Gasteiger partial charge in [0.15, 0.2) is 0 Å². The Morgan fingerprint density at radius 3 is 2.23 bits per heavy atom. The van der Waals surface area contributed by atoms with Gasteiger partial charge in [-0.3, -0.25) is 4.79 Å². The van der Waals surface area contributed by atoms with Crippen LogP contribution in [0.15, 0.2) is 60.7 Å². The van der Waals surface area contributed by atoms with Gasteiger partial charge in [-0.25, -0.2) is 9.30 Å². The van der Waals surface area contributed by atoms with Crippen molar-refractivity contribution in [3.05, 3.63) is 94.2 Å². The van der Waals surface area contributed by atoms with Crippen LogP contribution in [0.25, 0.3) is 0 Å². The number of aromatic nitrogens is 2. The predicted molar refractivity (Wildman–Crippen MR) is 98.9 cm³/mol. The van der Waals surface area contributed by atoms with Crippen LogP contribution in [0.5, 0.6) is 0 Å². The molecule has 0 spiro atoms. The molecule has 1 N–H and O–H groups in total. The van der Waals surface area contributed by atoms with E-state index in [0.717, 1.165) is 21.6 Å². The van der Waals surface area contributed by atoms with E-state index in [1.165, 1.54) is 0 Å². The number of rotatable bonds is 6. The van der Waals surface area contributed by atoms with Crippen molar-refractivity contribution in [1.82, 2.24) is 4.57 Å². The van der Waals surface area contributed by atoms with Crippen LogP contribution in [-0.2, 0) is 11.3 Å². The summed E-state index contributed by atoms with van der Waals surface area (Å²) >= 11 is 0. The first kappa shape index (κ1) is 17.7. The number of carboxylic acid groups (broad SMARTS) is 1. The normalized spacial score (nSPS) is 12.1. The minimum Gasteiger partial charge on any atom is -0.711 e. The number of carboxylic acids is 1. The first-order chi connectivity index (χ1) is 12.5. The zero-order valence-corrected chi connectivity index (χ0v) is 14.9. The summed E-state index contributed by atoms with van der Waals surface area (Å²) in [5.74, 6) is -0.971. The maximum absolute atomic E-state index is 12.9. The fourth-order valence-electron chi connectivity index (χ4n) is 3.31. The molecule has 0 amide bonds. The van der Waals surface area contributed by atoms with Crippen LogP contribution in [0.1, 0.15) is 40.7 Å². The van der Waals surface area contributed by atoms with Crippen LogP contribution in [-0.4, -0.2) is 15.6 Å². The van der Waals surface area contributed by atoms with Gasteiger partial charge in [0.2, 0.25) is 0 Å². The van der Waals surface area contributed by atoms with Gasteiger partial charge >= 0.3 is 5.97 Å². The van der Waals surface area contributed by atoms with E-state index < -0.39 is 11.9 Å². The Balaban J connectivity index is 2.14. The van der Waals surface area contributed by atoms with Crippen LogP contribution in [0, 0.1) is 19.1 Å². The summed E-state index contributed by atoms with van der Waals surface area (Å²) in [4.78, 5) is 11.5. The summed E-state index contributed by atoms with van der Waals surface area (Å²) in [5.41, 5.74) is 3.34. The lowest BCUT2D eigenvalue weighted by molar-refractivity contribution is -0.621. The number of hydrogen-bond acceptors (Lipinski definition) is 2. The standard InChI is InChI=1S/C21H22N2O3/c1-15-16(2)23(26)21(22(15)14-17-9-5-3-6-10-17)19(13-20(24)25)18-11-7-4-8-12-18/h3-12,19H,13-14H2,1-2H3,(H,24,25). The summed E-state index contributed by atoms with van der Waals surface area (Å²) in [7, 11) is 0. The summed E-state index contributed by atoms with van der Waals surface area (Å²) < 4.78 is 2.83. The number of imidazole rings is 1. The largest absolute Gasteiger partial charge is 0.711 e. The van der Waals surface area contributed by atoms with Crippen molar-refractivity contribution in [3.8, 4) is 0 Å². The van der Waals surface area contributed by atoms with Crippen LogP contribution >= 0.6 is 0 Å². The maximum Gasteiger partial charge on any atom is 0.304 e. The minimum absolute atomic E-state index is 0.135. The van der Waals surface area contributed by atoms with Gasteiger partial charge < -0.3 is 10.3 Å². The van der Waals surface area contributed by atoms with Gasteiger partial charge in [-0.1, -0.05) is 60.7 Å². The van der Waals surface area contributed by atoms with Gasteiger partial charge in [-0.15, -0.1) is 0 Å². The van der Waals surface area contributed by atoms with Crippen molar-refractivity contribution in [3.63, 3.8) is 0 Å². The molecular weight excluding hydrogens is 328 g/mol. The number of benzene rings is 2. The molecule has 134 valence electrons. The molecule has 3 aromatic rings. The molecule has 1 unspecified atom stereocenters. The molecule has 0 fully saturated rings. The molecule has 0 saturated carbocycles. The fraction of sp³-hybridized carbons (Fsp3) is 0.238. The van der Waals surface area contributed by atoms with E-state index in [4.69, 9.17) is 0 Å².